The minimum absolute atomic E-state index is 0.573. The number of methoxy groups -OCH3 is 1. The molecule has 3 aromatic rings. The molecule has 4 nitrogen and oxygen atoms in total. The Morgan fingerprint density at radius 1 is 1.11 bits per heavy atom. The maximum atomic E-state index is 5.17. The molecule has 1 aromatic carbocycles. The molecule has 90 valence electrons. The molecule has 3 rings (SSSR count). The van der Waals surface area contributed by atoms with Crippen LogP contribution in [0.4, 0.5) is 0 Å². The van der Waals surface area contributed by atoms with E-state index in [4.69, 9.17) is 17.0 Å². The molecule has 2 heterocycles. The quantitative estimate of drug-likeness (QED) is 0.693. The molecular weight excluding hydrogens is 246 g/mol. The second-order valence-corrected chi connectivity index (χ2v) is 4.28. The van der Waals surface area contributed by atoms with Gasteiger partial charge in [-0.3, -0.25) is 0 Å². The summed E-state index contributed by atoms with van der Waals surface area (Å²) in [5.74, 6) is 0.841. The molecule has 2 N–H and O–H groups in total. The van der Waals surface area contributed by atoms with Gasteiger partial charge in [0.25, 0.3) is 0 Å². The smallest absolute Gasteiger partial charge is 0.153 e. The first-order valence-corrected chi connectivity index (χ1v) is 5.89. The molecule has 0 atom stereocenters. The third-order valence-electron chi connectivity index (χ3n) is 2.89. The lowest BCUT2D eigenvalue weighted by Crippen LogP contribution is -1.84. The number of nitrogens with one attached hydrogen (secondary N) is 2. The van der Waals surface area contributed by atoms with Gasteiger partial charge in [-0.05, 0) is 17.7 Å². The van der Waals surface area contributed by atoms with Crippen molar-refractivity contribution in [1.29, 1.82) is 0 Å². The first kappa shape index (κ1) is 11.0. The van der Waals surface area contributed by atoms with Crippen LogP contribution in [0, 0.1) is 4.64 Å². The highest BCUT2D eigenvalue weighted by atomic mass is 32.1. The predicted molar refractivity (Wildman–Crippen MR) is 73.3 cm³/mol. The molecule has 0 aliphatic carbocycles. The zero-order valence-corrected chi connectivity index (χ0v) is 10.5. The van der Waals surface area contributed by atoms with E-state index in [0.29, 0.717) is 4.64 Å². The summed E-state index contributed by atoms with van der Waals surface area (Å²) in [6, 6.07) is 7.89. The van der Waals surface area contributed by atoms with Gasteiger partial charge >= 0.3 is 0 Å². The second kappa shape index (κ2) is 4.27. The summed E-state index contributed by atoms with van der Waals surface area (Å²) in [5.41, 5.74) is 4.00. The van der Waals surface area contributed by atoms with E-state index in [9.17, 15) is 0 Å². The average Bonchev–Trinajstić information content (AvgIpc) is 2.84. The third-order valence-corrected chi connectivity index (χ3v) is 3.20. The number of benzene rings is 1. The Labute approximate surface area is 109 Å². The lowest BCUT2D eigenvalue weighted by Gasteiger charge is -2.02. The summed E-state index contributed by atoms with van der Waals surface area (Å²) in [6.07, 6.45) is 3.55. The largest absolute Gasteiger partial charge is 0.497 e. The second-order valence-electron chi connectivity index (χ2n) is 3.89. The van der Waals surface area contributed by atoms with Crippen LogP contribution in [0.5, 0.6) is 5.75 Å². The number of fused-ring (bicyclic) bond motifs is 1. The van der Waals surface area contributed by atoms with Crippen LogP contribution in [-0.4, -0.2) is 22.1 Å². The molecule has 0 unspecified atom stereocenters. The van der Waals surface area contributed by atoms with E-state index < -0.39 is 0 Å². The SMILES string of the molecule is COc1ccc(-c2c[nH]c3c(=S)nc[nH]c23)cc1. The van der Waals surface area contributed by atoms with E-state index in [0.717, 1.165) is 27.9 Å². The van der Waals surface area contributed by atoms with E-state index in [-0.39, 0.29) is 0 Å². The summed E-state index contributed by atoms with van der Waals surface area (Å²) < 4.78 is 5.72. The fourth-order valence-corrected chi connectivity index (χ4v) is 2.17. The number of hydrogen-bond donors (Lipinski definition) is 2. The zero-order valence-electron chi connectivity index (χ0n) is 9.73. The Bertz CT molecular complexity index is 743. The normalized spacial score (nSPS) is 10.7. The Kier molecular flexibility index (Phi) is 2.60. The molecule has 0 aliphatic heterocycles. The number of ether oxygens (including phenoxy) is 1. The molecule has 5 heteroatoms. The predicted octanol–water partition coefficient (Wildman–Crippen LogP) is 3.30. The van der Waals surface area contributed by atoms with Crippen molar-refractivity contribution in [3.8, 4) is 16.9 Å². The van der Waals surface area contributed by atoms with Crippen molar-refractivity contribution in [2.24, 2.45) is 0 Å². The van der Waals surface area contributed by atoms with Crippen LogP contribution in [0.2, 0.25) is 0 Å². The number of nitrogens with zero attached hydrogens (tertiary/aromatic N) is 1. The molecule has 0 saturated heterocycles. The Morgan fingerprint density at radius 3 is 2.61 bits per heavy atom. The van der Waals surface area contributed by atoms with Gasteiger partial charge in [0, 0.05) is 11.8 Å². The molecule has 0 radical (unpaired) electrons. The summed E-state index contributed by atoms with van der Waals surface area (Å²) in [6.45, 7) is 0. The molecule has 0 amide bonds. The standard InChI is InChI=1S/C13H11N3OS/c1-17-9-4-2-8(3-5-9)10-6-14-12-11(10)15-7-16-13(12)18/h2-7,14H,1H3,(H,15,16,18). The third kappa shape index (κ3) is 1.69. The summed E-state index contributed by atoms with van der Waals surface area (Å²) in [5, 5.41) is 0. The molecule has 0 aliphatic rings. The minimum atomic E-state index is 0.573. The van der Waals surface area contributed by atoms with Gasteiger partial charge in [-0.2, -0.15) is 0 Å². The van der Waals surface area contributed by atoms with E-state index >= 15 is 0 Å². The van der Waals surface area contributed by atoms with E-state index in [1.807, 2.05) is 30.5 Å². The van der Waals surface area contributed by atoms with Crippen molar-refractivity contribution in [3.05, 3.63) is 41.4 Å². The number of hydrogen-bond acceptors (Lipinski definition) is 3. The fraction of sp³-hybridized carbons (Fsp3) is 0.0769. The maximum absolute atomic E-state index is 5.17. The highest BCUT2D eigenvalue weighted by molar-refractivity contribution is 7.71. The van der Waals surface area contributed by atoms with Crippen LogP contribution in [0.3, 0.4) is 0 Å². The highest BCUT2D eigenvalue weighted by Gasteiger charge is 2.07. The molecule has 2 aromatic heterocycles. The van der Waals surface area contributed by atoms with Crippen molar-refractivity contribution in [2.75, 3.05) is 7.11 Å². The first-order chi connectivity index (χ1) is 8.79. The van der Waals surface area contributed by atoms with E-state index in [2.05, 4.69) is 15.0 Å². The van der Waals surface area contributed by atoms with Gasteiger partial charge in [0.05, 0.1) is 19.0 Å². The minimum Gasteiger partial charge on any atom is -0.497 e. The van der Waals surface area contributed by atoms with Crippen LogP contribution in [0.1, 0.15) is 0 Å². The number of aromatic nitrogens is 3. The van der Waals surface area contributed by atoms with Crippen molar-refractivity contribution in [2.45, 2.75) is 0 Å². The first-order valence-electron chi connectivity index (χ1n) is 5.49. The van der Waals surface area contributed by atoms with Crippen molar-refractivity contribution in [3.63, 3.8) is 0 Å². The van der Waals surface area contributed by atoms with Gasteiger partial charge in [-0.25, -0.2) is 4.98 Å². The summed E-state index contributed by atoms with van der Waals surface area (Å²) >= 11 is 5.17. The van der Waals surface area contributed by atoms with Gasteiger partial charge in [0.2, 0.25) is 0 Å². The van der Waals surface area contributed by atoms with Crippen molar-refractivity contribution >= 4 is 23.3 Å². The summed E-state index contributed by atoms with van der Waals surface area (Å²) in [4.78, 5) is 10.3. The van der Waals surface area contributed by atoms with Crippen LogP contribution in [0.15, 0.2) is 36.8 Å². The van der Waals surface area contributed by atoms with Gasteiger partial charge in [0.15, 0.2) is 4.64 Å². The van der Waals surface area contributed by atoms with Gasteiger partial charge in [-0.15, -0.1) is 0 Å². The number of rotatable bonds is 2. The van der Waals surface area contributed by atoms with Crippen molar-refractivity contribution < 1.29 is 4.74 Å². The van der Waals surface area contributed by atoms with Crippen molar-refractivity contribution in [1.82, 2.24) is 15.0 Å². The van der Waals surface area contributed by atoms with Crippen LogP contribution in [-0.2, 0) is 0 Å². The van der Waals surface area contributed by atoms with Gasteiger partial charge in [-0.1, -0.05) is 24.4 Å². The lowest BCUT2D eigenvalue weighted by molar-refractivity contribution is 0.415. The van der Waals surface area contributed by atoms with Gasteiger partial charge < -0.3 is 14.7 Å². The maximum Gasteiger partial charge on any atom is 0.153 e. The Balaban J connectivity index is 2.19. The number of aromatic amines is 2. The summed E-state index contributed by atoms with van der Waals surface area (Å²) in [7, 11) is 1.66. The molecule has 0 spiro atoms. The van der Waals surface area contributed by atoms with Crippen LogP contribution in [0.25, 0.3) is 22.2 Å². The fourth-order valence-electron chi connectivity index (χ4n) is 1.96. The lowest BCUT2D eigenvalue weighted by atomic mass is 10.1. The molecule has 0 saturated carbocycles. The number of H-pyrrole nitrogens is 2. The topological polar surface area (TPSA) is 53.7 Å². The van der Waals surface area contributed by atoms with E-state index in [1.165, 1.54) is 0 Å². The van der Waals surface area contributed by atoms with E-state index in [1.54, 1.807) is 13.4 Å². The Hall–Kier alpha value is -2.14. The molecule has 0 fully saturated rings. The Morgan fingerprint density at radius 2 is 1.89 bits per heavy atom. The van der Waals surface area contributed by atoms with Gasteiger partial charge in [0.1, 0.15) is 11.3 Å². The average molecular weight is 257 g/mol. The molecule has 18 heavy (non-hydrogen) atoms. The monoisotopic (exact) mass is 257 g/mol. The van der Waals surface area contributed by atoms with Crippen LogP contribution >= 0.6 is 12.2 Å². The van der Waals surface area contributed by atoms with Crippen LogP contribution < -0.4 is 4.74 Å². The molecule has 0 bridgehead atoms. The molecular formula is C13H11N3OS. The zero-order chi connectivity index (χ0) is 12.5. The highest BCUT2D eigenvalue weighted by Crippen LogP contribution is 2.28.